The maximum absolute atomic E-state index is 13.3. The second-order valence-corrected chi connectivity index (χ2v) is 6.45. The summed E-state index contributed by atoms with van der Waals surface area (Å²) in [6.45, 7) is 5.25. The molecule has 0 radical (unpaired) electrons. The Bertz CT molecular complexity index is 583. The van der Waals surface area contributed by atoms with Gasteiger partial charge in [-0.05, 0) is 41.2 Å². The Hall–Kier alpha value is -1.24. The van der Waals surface area contributed by atoms with E-state index in [4.69, 9.17) is 0 Å². The van der Waals surface area contributed by atoms with Crippen molar-refractivity contribution in [2.45, 2.75) is 32.6 Å². The van der Waals surface area contributed by atoms with Crippen molar-refractivity contribution in [3.8, 4) is 0 Å². The van der Waals surface area contributed by atoms with Crippen LogP contribution in [0, 0.1) is 11.7 Å². The number of rotatable bonds is 6. The molecular formula is C18H23FNP. The van der Waals surface area contributed by atoms with E-state index >= 15 is 0 Å². The quantitative estimate of drug-likeness (QED) is 0.764. The highest BCUT2D eigenvalue weighted by Crippen LogP contribution is 2.22. The minimum absolute atomic E-state index is 0.0489. The van der Waals surface area contributed by atoms with E-state index in [9.17, 15) is 4.39 Å². The molecule has 2 aromatic rings. The van der Waals surface area contributed by atoms with Crippen molar-refractivity contribution in [1.82, 2.24) is 5.32 Å². The molecule has 0 heterocycles. The molecule has 2 aromatic carbocycles. The van der Waals surface area contributed by atoms with Gasteiger partial charge in [-0.25, -0.2) is 4.39 Å². The van der Waals surface area contributed by atoms with Crippen LogP contribution < -0.4 is 5.32 Å². The van der Waals surface area contributed by atoms with Crippen molar-refractivity contribution in [3.05, 3.63) is 71.0 Å². The molecule has 0 aliphatic rings. The fourth-order valence-corrected chi connectivity index (χ4v) is 2.73. The van der Waals surface area contributed by atoms with Crippen LogP contribution in [-0.2, 0) is 13.0 Å². The molecule has 0 aromatic heterocycles. The Labute approximate surface area is 129 Å². The summed E-state index contributed by atoms with van der Waals surface area (Å²) in [4.78, 5) is 0. The third-order valence-electron chi connectivity index (χ3n) is 3.47. The minimum atomic E-state index is -0.193. The van der Waals surface area contributed by atoms with Crippen LogP contribution in [0.25, 0.3) is 0 Å². The number of nitrogens with one attached hydrogen (secondary N) is 1. The van der Waals surface area contributed by atoms with Gasteiger partial charge in [0.1, 0.15) is 5.82 Å². The van der Waals surface area contributed by atoms with E-state index in [1.807, 2.05) is 6.07 Å². The lowest BCUT2D eigenvalue weighted by Gasteiger charge is -2.17. The summed E-state index contributed by atoms with van der Waals surface area (Å²) in [5.41, 5.74) is 3.65. The highest BCUT2D eigenvalue weighted by Gasteiger charge is 2.08. The fourth-order valence-electron chi connectivity index (χ4n) is 2.41. The predicted molar refractivity (Wildman–Crippen MR) is 90.7 cm³/mol. The van der Waals surface area contributed by atoms with Crippen molar-refractivity contribution >= 4 is 9.24 Å². The Balaban J connectivity index is 2.02. The van der Waals surface area contributed by atoms with Gasteiger partial charge in [-0.3, -0.25) is 0 Å². The first-order chi connectivity index (χ1) is 10.1. The van der Waals surface area contributed by atoms with Gasteiger partial charge in [0.2, 0.25) is 0 Å². The summed E-state index contributed by atoms with van der Waals surface area (Å²) >= 11 is 0. The number of hydrogen-bond acceptors (Lipinski definition) is 1. The molecule has 112 valence electrons. The van der Waals surface area contributed by atoms with Gasteiger partial charge in [0, 0.05) is 12.3 Å². The first kappa shape index (κ1) is 16.1. The average molecular weight is 303 g/mol. The van der Waals surface area contributed by atoms with Crippen LogP contribution in [0.4, 0.5) is 4.39 Å². The second-order valence-electron chi connectivity index (χ2n) is 5.78. The van der Waals surface area contributed by atoms with E-state index in [1.54, 1.807) is 12.1 Å². The fraction of sp³-hybridized carbons (Fsp3) is 0.333. The van der Waals surface area contributed by atoms with Gasteiger partial charge >= 0.3 is 0 Å². The van der Waals surface area contributed by atoms with Gasteiger partial charge in [0.05, 0.1) is 0 Å². The molecule has 0 amide bonds. The topological polar surface area (TPSA) is 12.0 Å². The van der Waals surface area contributed by atoms with Crippen LogP contribution >= 0.6 is 9.24 Å². The van der Waals surface area contributed by atoms with Gasteiger partial charge < -0.3 is 5.32 Å². The molecule has 0 saturated heterocycles. The Morgan fingerprint density at radius 1 is 1.05 bits per heavy atom. The second kappa shape index (κ2) is 7.68. The Morgan fingerprint density at radius 2 is 1.76 bits per heavy atom. The Kier molecular flexibility index (Phi) is 5.90. The summed E-state index contributed by atoms with van der Waals surface area (Å²) in [7, 11) is 2.74. The average Bonchev–Trinajstić information content (AvgIpc) is 2.45. The van der Waals surface area contributed by atoms with Gasteiger partial charge in [0.25, 0.3) is 0 Å². The van der Waals surface area contributed by atoms with Gasteiger partial charge in [0.15, 0.2) is 0 Å². The zero-order valence-corrected chi connectivity index (χ0v) is 13.8. The van der Waals surface area contributed by atoms with E-state index in [0.29, 0.717) is 5.92 Å². The van der Waals surface area contributed by atoms with Crippen molar-refractivity contribution in [2.75, 3.05) is 0 Å². The smallest absolute Gasteiger partial charge is 0.123 e. The normalized spacial score (nSPS) is 12.6. The lowest BCUT2D eigenvalue weighted by Crippen LogP contribution is -2.17. The van der Waals surface area contributed by atoms with Gasteiger partial charge in [-0.1, -0.05) is 50.2 Å². The molecule has 2 unspecified atom stereocenters. The summed E-state index contributed by atoms with van der Waals surface area (Å²) in [5.74, 6) is 0.496. The predicted octanol–water partition coefficient (Wildman–Crippen LogP) is 4.69. The third-order valence-corrected chi connectivity index (χ3v) is 4.09. The van der Waals surface area contributed by atoms with E-state index in [2.05, 4.69) is 52.7 Å². The molecule has 0 aliphatic carbocycles. The molecule has 0 bridgehead atoms. The minimum Gasteiger partial charge on any atom is -0.303 e. The molecular weight excluding hydrogens is 280 g/mol. The lowest BCUT2D eigenvalue weighted by molar-refractivity contribution is 0.613. The standard InChI is InChI=1S/C18H23FNP/c1-13(2)10-14-6-3-4-7-16(14)12-20-18(21)15-8-5-9-17(19)11-15/h3-9,11,13,18,20H,10,12,21H2,1-2H3. The molecule has 0 saturated carbocycles. The summed E-state index contributed by atoms with van der Waals surface area (Å²) in [6.07, 6.45) is 1.08. The number of hydrogen-bond donors (Lipinski definition) is 1. The van der Waals surface area contributed by atoms with Gasteiger partial charge in [-0.2, -0.15) is 0 Å². The zero-order chi connectivity index (χ0) is 15.2. The Morgan fingerprint density at radius 3 is 2.43 bits per heavy atom. The molecule has 0 aliphatic heterocycles. The molecule has 1 N–H and O–H groups in total. The van der Waals surface area contributed by atoms with Crippen molar-refractivity contribution in [1.29, 1.82) is 0 Å². The number of halogens is 1. The summed E-state index contributed by atoms with van der Waals surface area (Å²) < 4.78 is 13.3. The maximum Gasteiger partial charge on any atom is 0.123 e. The first-order valence-electron chi connectivity index (χ1n) is 7.37. The molecule has 1 nitrogen and oxygen atoms in total. The van der Waals surface area contributed by atoms with Crippen molar-refractivity contribution in [3.63, 3.8) is 0 Å². The SMILES string of the molecule is CC(C)Cc1ccccc1CNC(P)c1cccc(F)c1. The molecule has 21 heavy (non-hydrogen) atoms. The molecule has 3 heteroatoms. The number of benzene rings is 2. The van der Waals surface area contributed by atoms with Crippen LogP contribution in [-0.4, -0.2) is 0 Å². The van der Waals surface area contributed by atoms with E-state index < -0.39 is 0 Å². The van der Waals surface area contributed by atoms with Gasteiger partial charge in [-0.15, -0.1) is 9.24 Å². The molecule has 2 rings (SSSR count). The third kappa shape index (κ3) is 4.91. The van der Waals surface area contributed by atoms with Crippen LogP contribution in [0.2, 0.25) is 0 Å². The highest BCUT2D eigenvalue weighted by atomic mass is 31.0. The van der Waals surface area contributed by atoms with E-state index in [-0.39, 0.29) is 11.6 Å². The van der Waals surface area contributed by atoms with Crippen LogP contribution in [0.3, 0.4) is 0 Å². The maximum atomic E-state index is 13.3. The van der Waals surface area contributed by atoms with Crippen LogP contribution in [0.1, 0.15) is 36.3 Å². The van der Waals surface area contributed by atoms with Crippen LogP contribution in [0.15, 0.2) is 48.5 Å². The zero-order valence-electron chi connectivity index (χ0n) is 12.6. The molecule has 2 atom stereocenters. The largest absolute Gasteiger partial charge is 0.303 e. The van der Waals surface area contributed by atoms with Crippen LogP contribution in [0.5, 0.6) is 0 Å². The monoisotopic (exact) mass is 303 g/mol. The molecule has 0 spiro atoms. The van der Waals surface area contributed by atoms with Crippen molar-refractivity contribution in [2.24, 2.45) is 5.92 Å². The lowest BCUT2D eigenvalue weighted by atomic mass is 9.98. The first-order valence-corrected chi connectivity index (χ1v) is 8.04. The van der Waals surface area contributed by atoms with E-state index in [0.717, 1.165) is 18.5 Å². The molecule has 0 fully saturated rings. The highest BCUT2D eigenvalue weighted by molar-refractivity contribution is 7.17. The summed E-state index contributed by atoms with van der Waals surface area (Å²) in [5, 5.41) is 3.45. The summed E-state index contributed by atoms with van der Waals surface area (Å²) in [6, 6.07) is 15.2. The van der Waals surface area contributed by atoms with E-state index in [1.165, 1.54) is 17.2 Å². The van der Waals surface area contributed by atoms with Crippen molar-refractivity contribution < 1.29 is 4.39 Å².